The first kappa shape index (κ1) is 13.4. The van der Waals surface area contributed by atoms with Crippen LogP contribution in [-0.4, -0.2) is 30.2 Å². The average Bonchev–Trinajstić information content (AvgIpc) is 2.97. The molecule has 19 heavy (non-hydrogen) atoms. The smallest absolute Gasteiger partial charge is 0.241 e. The molecule has 0 bridgehead atoms. The van der Waals surface area contributed by atoms with Crippen LogP contribution in [-0.2, 0) is 9.53 Å². The predicted octanol–water partition coefficient (Wildman–Crippen LogP) is 1.43. The van der Waals surface area contributed by atoms with Gasteiger partial charge in [0.25, 0.3) is 0 Å². The zero-order chi connectivity index (χ0) is 13.8. The maximum atomic E-state index is 12.7. The van der Waals surface area contributed by atoms with Gasteiger partial charge in [-0.25, -0.2) is 0 Å². The Kier molecular flexibility index (Phi) is 2.95. The molecule has 1 saturated heterocycles. The summed E-state index contributed by atoms with van der Waals surface area (Å²) in [5, 5.41) is 3.22. The van der Waals surface area contributed by atoms with E-state index < -0.39 is 5.54 Å². The van der Waals surface area contributed by atoms with Gasteiger partial charge >= 0.3 is 0 Å². The van der Waals surface area contributed by atoms with E-state index in [-0.39, 0.29) is 23.3 Å². The molecule has 5 atom stereocenters. The first-order chi connectivity index (χ1) is 8.89. The van der Waals surface area contributed by atoms with E-state index in [9.17, 15) is 4.79 Å². The highest BCUT2D eigenvalue weighted by Gasteiger charge is 2.71. The molecule has 3 aliphatic rings. The topological polar surface area (TPSA) is 64.4 Å². The van der Waals surface area contributed by atoms with Crippen LogP contribution in [0.2, 0.25) is 0 Å². The lowest BCUT2D eigenvalue weighted by atomic mass is 9.48. The zero-order valence-corrected chi connectivity index (χ0v) is 12.2. The Morgan fingerprint density at radius 3 is 2.68 bits per heavy atom. The molecule has 3 rings (SSSR count). The molecule has 2 aliphatic carbocycles. The van der Waals surface area contributed by atoms with Gasteiger partial charge in [0.2, 0.25) is 5.91 Å². The minimum Gasteiger partial charge on any atom is -0.377 e. The van der Waals surface area contributed by atoms with Crippen molar-refractivity contribution in [2.45, 2.75) is 64.1 Å². The Morgan fingerprint density at radius 2 is 2.05 bits per heavy atom. The molecule has 0 aromatic rings. The number of hydrogen-bond acceptors (Lipinski definition) is 3. The fourth-order valence-corrected chi connectivity index (χ4v) is 4.49. The fraction of sp³-hybridized carbons (Fsp3) is 0.933. The van der Waals surface area contributed by atoms with Gasteiger partial charge in [0, 0.05) is 24.0 Å². The number of carbonyl (C=O) groups is 1. The summed E-state index contributed by atoms with van der Waals surface area (Å²) in [6, 6.07) is 0.310. The Hall–Kier alpha value is -0.610. The third-order valence-electron chi connectivity index (χ3n) is 6.01. The van der Waals surface area contributed by atoms with Crippen molar-refractivity contribution >= 4 is 5.91 Å². The van der Waals surface area contributed by atoms with Crippen LogP contribution in [0.4, 0.5) is 0 Å². The van der Waals surface area contributed by atoms with Gasteiger partial charge in [0.15, 0.2) is 0 Å². The van der Waals surface area contributed by atoms with E-state index in [1.807, 2.05) is 0 Å². The molecular weight excluding hydrogens is 240 g/mol. The number of hydrogen-bond donors (Lipinski definition) is 2. The van der Waals surface area contributed by atoms with E-state index in [1.165, 1.54) is 12.8 Å². The maximum Gasteiger partial charge on any atom is 0.241 e. The maximum absolute atomic E-state index is 12.7. The van der Waals surface area contributed by atoms with Crippen LogP contribution in [0.1, 0.15) is 46.5 Å². The quantitative estimate of drug-likeness (QED) is 0.795. The summed E-state index contributed by atoms with van der Waals surface area (Å²) in [6.07, 6.45) is 4.58. The molecule has 4 nitrogen and oxygen atoms in total. The van der Waals surface area contributed by atoms with Crippen molar-refractivity contribution < 1.29 is 9.53 Å². The fourth-order valence-electron chi connectivity index (χ4n) is 4.49. The standard InChI is InChI=1S/C15H26N2O2/c1-9-5-4-6-11(9)17-13(18)15(16)10-7-8-19-12(10)14(15,2)3/h9-12H,4-8,16H2,1-3H3,(H,17,18). The van der Waals surface area contributed by atoms with Gasteiger partial charge in [-0.1, -0.05) is 27.2 Å². The monoisotopic (exact) mass is 266 g/mol. The summed E-state index contributed by atoms with van der Waals surface area (Å²) in [6.45, 7) is 7.09. The van der Waals surface area contributed by atoms with E-state index in [4.69, 9.17) is 10.5 Å². The van der Waals surface area contributed by atoms with E-state index in [2.05, 4.69) is 26.1 Å². The van der Waals surface area contributed by atoms with Gasteiger partial charge in [-0.15, -0.1) is 0 Å². The number of carbonyl (C=O) groups excluding carboxylic acids is 1. The van der Waals surface area contributed by atoms with Crippen LogP contribution in [0.5, 0.6) is 0 Å². The highest BCUT2D eigenvalue weighted by atomic mass is 16.5. The summed E-state index contributed by atoms with van der Waals surface area (Å²) in [5.41, 5.74) is 5.52. The Balaban J connectivity index is 1.75. The lowest BCUT2D eigenvalue weighted by molar-refractivity contribution is -0.176. The zero-order valence-electron chi connectivity index (χ0n) is 12.2. The van der Waals surface area contributed by atoms with Gasteiger partial charge in [0.1, 0.15) is 5.54 Å². The molecule has 1 heterocycles. The number of fused-ring (bicyclic) bond motifs is 1. The van der Waals surface area contributed by atoms with Gasteiger partial charge in [-0.2, -0.15) is 0 Å². The molecule has 4 heteroatoms. The van der Waals surface area contributed by atoms with Crippen molar-refractivity contribution in [1.29, 1.82) is 0 Å². The molecule has 108 valence electrons. The molecule has 2 saturated carbocycles. The molecule has 1 aliphatic heterocycles. The molecular formula is C15H26N2O2. The first-order valence-corrected chi connectivity index (χ1v) is 7.60. The van der Waals surface area contributed by atoms with Gasteiger partial charge in [-0.3, -0.25) is 4.79 Å². The van der Waals surface area contributed by atoms with Gasteiger partial charge < -0.3 is 15.8 Å². The Morgan fingerprint density at radius 1 is 1.32 bits per heavy atom. The van der Waals surface area contributed by atoms with E-state index in [0.29, 0.717) is 12.0 Å². The summed E-state index contributed by atoms with van der Waals surface area (Å²) < 4.78 is 5.74. The Labute approximate surface area is 115 Å². The predicted molar refractivity (Wildman–Crippen MR) is 73.5 cm³/mol. The summed E-state index contributed by atoms with van der Waals surface area (Å²) in [7, 11) is 0. The third-order valence-corrected chi connectivity index (χ3v) is 6.01. The Bertz CT molecular complexity index is 396. The van der Waals surface area contributed by atoms with Crippen molar-refractivity contribution in [2.75, 3.05) is 6.61 Å². The number of nitrogens with two attached hydrogens (primary N) is 1. The lowest BCUT2D eigenvalue weighted by Crippen LogP contribution is -2.80. The summed E-state index contributed by atoms with van der Waals surface area (Å²) >= 11 is 0. The van der Waals surface area contributed by atoms with Crippen LogP contribution in [0.25, 0.3) is 0 Å². The largest absolute Gasteiger partial charge is 0.377 e. The van der Waals surface area contributed by atoms with Crippen LogP contribution >= 0.6 is 0 Å². The van der Waals surface area contributed by atoms with Crippen molar-refractivity contribution in [3.8, 4) is 0 Å². The summed E-state index contributed by atoms with van der Waals surface area (Å²) in [4.78, 5) is 12.7. The minimum atomic E-state index is -0.753. The SMILES string of the molecule is CC1CCCC1NC(=O)C1(N)C2CCOC2C1(C)C. The number of rotatable bonds is 2. The van der Waals surface area contributed by atoms with Gasteiger partial charge in [-0.05, 0) is 25.2 Å². The molecule has 1 amide bonds. The van der Waals surface area contributed by atoms with Crippen molar-refractivity contribution in [2.24, 2.45) is 23.0 Å². The molecule has 0 spiro atoms. The van der Waals surface area contributed by atoms with Crippen molar-refractivity contribution in [3.63, 3.8) is 0 Å². The van der Waals surface area contributed by atoms with Crippen molar-refractivity contribution in [1.82, 2.24) is 5.32 Å². The van der Waals surface area contributed by atoms with Crippen LogP contribution in [0.3, 0.4) is 0 Å². The van der Waals surface area contributed by atoms with Crippen LogP contribution in [0.15, 0.2) is 0 Å². The van der Waals surface area contributed by atoms with Crippen LogP contribution < -0.4 is 11.1 Å². The lowest BCUT2D eigenvalue weighted by Gasteiger charge is -2.60. The number of ether oxygens (including phenoxy) is 1. The second kappa shape index (κ2) is 4.19. The third kappa shape index (κ3) is 1.62. The molecule has 0 aromatic heterocycles. The summed E-state index contributed by atoms with van der Waals surface area (Å²) in [5.74, 6) is 0.813. The van der Waals surface area contributed by atoms with Crippen molar-refractivity contribution in [3.05, 3.63) is 0 Å². The number of amides is 1. The van der Waals surface area contributed by atoms with E-state index in [0.717, 1.165) is 19.4 Å². The second-order valence-corrected chi connectivity index (χ2v) is 7.27. The second-order valence-electron chi connectivity index (χ2n) is 7.27. The highest BCUT2D eigenvalue weighted by molar-refractivity contribution is 5.89. The van der Waals surface area contributed by atoms with Crippen LogP contribution in [0, 0.1) is 17.3 Å². The molecule has 3 N–H and O–H groups in total. The van der Waals surface area contributed by atoms with Gasteiger partial charge in [0.05, 0.1) is 6.10 Å². The number of nitrogens with one attached hydrogen (secondary N) is 1. The van der Waals surface area contributed by atoms with E-state index in [1.54, 1.807) is 0 Å². The molecule has 0 aromatic carbocycles. The molecule has 5 unspecified atom stereocenters. The minimum absolute atomic E-state index is 0.0444. The first-order valence-electron chi connectivity index (χ1n) is 7.60. The van der Waals surface area contributed by atoms with E-state index >= 15 is 0 Å². The molecule has 3 fully saturated rings. The average molecular weight is 266 g/mol. The normalized spacial score (nSPS) is 47.6. The highest BCUT2D eigenvalue weighted by Crippen LogP contribution is 2.58. The molecule has 0 radical (unpaired) electrons.